The highest BCUT2D eigenvalue weighted by molar-refractivity contribution is 5.96. The minimum absolute atomic E-state index is 0.139. The predicted octanol–water partition coefficient (Wildman–Crippen LogP) is 3.58. The van der Waals surface area contributed by atoms with Gasteiger partial charge in [0.25, 0.3) is 5.91 Å². The standard InChI is InChI=1S/C18H16F2N4O2/c1-11(9-21)12(2)23-15(25)14-10-22-17(18(3,19)20)24-16(14)26-13-7-5-4-6-8-13/h4-8,10,12H,1H2,2-3H3,(H,23,25)/t12-/m1/s1. The number of nitrogens with zero attached hydrogens (tertiary/aromatic N) is 3. The van der Waals surface area contributed by atoms with Gasteiger partial charge in [0.05, 0.1) is 12.1 Å². The lowest BCUT2D eigenvalue weighted by molar-refractivity contribution is 0.00708. The molecule has 0 unspecified atom stereocenters. The Kier molecular flexibility index (Phi) is 5.62. The van der Waals surface area contributed by atoms with Gasteiger partial charge in [-0.15, -0.1) is 0 Å². The van der Waals surface area contributed by atoms with Crippen molar-refractivity contribution in [1.82, 2.24) is 15.3 Å². The van der Waals surface area contributed by atoms with Gasteiger partial charge in [-0.2, -0.15) is 19.0 Å². The summed E-state index contributed by atoms with van der Waals surface area (Å²) in [6.07, 6.45) is 0.967. The highest BCUT2D eigenvalue weighted by Crippen LogP contribution is 2.28. The first-order valence-electron chi connectivity index (χ1n) is 7.60. The Hall–Kier alpha value is -3.34. The number of nitriles is 1. The summed E-state index contributed by atoms with van der Waals surface area (Å²) in [5.41, 5.74) is 0.000880. The summed E-state index contributed by atoms with van der Waals surface area (Å²) >= 11 is 0. The largest absolute Gasteiger partial charge is 0.438 e. The summed E-state index contributed by atoms with van der Waals surface area (Å²) < 4.78 is 32.6. The number of halogens is 2. The summed E-state index contributed by atoms with van der Waals surface area (Å²) in [5, 5.41) is 11.4. The molecule has 0 saturated carbocycles. The average Bonchev–Trinajstić information content (AvgIpc) is 2.60. The molecule has 1 heterocycles. The molecule has 2 aromatic rings. The second kappa shape index (κ2) is 7.70. The van der Waals surface area contributed by atoms with E-state index < -0.39 is 23.7 Å². The number of para-hydroxylation sites is 1. The van der Waals surface area contributed by atoms with Gasteiger partial charge in [-0.1, -0.05) is 24.8 Å². The van der Waals surface area contributed by atoms with Gasteiger partial charge in [0.2, 0.25) is 11.7 Å². The first kappa shape index (κ1) is 19.0. The van der Waals surface area contributed by atoms with Gasteiger partial charge in [-0.25, -0.2) is 4.98 Å². The molecule has 26 heavy (non-hydrogen) atoms. The monoisotopic (exact) mass is 358 g/mol. The third-order valence-corrected chi connectivity index (χ3v) is 3.36. The molecule has 1 amide bonds. The van der Waals surface area contributed by atoms with E-state index in [4.69, 9.17) is 10.00 Å². The van der Waals surface area contributed by atoms with Crippen molar-refractivity contribution < 1.29 is 18.3 Å². The highest BCUT2D eigenvalue weighted by atomic mass is 19.3. The molecule has 0 aliphatic carbocycles. The first-order chi connectivity index (χ1) is 12.2. The average molecular weight is 358 g/mol. The van der Waals surface area contributed by atoms with Crippen LogP contribution >= 0.6 is 0 Å². The Morgan fingerprint density at radius 3 is 2.62 bits per heavy atom. The minimum Gasteiger partial charge on any atom is -0.438 e. The van der Waals surface area contributed by atoms with Gasteiger partial charge >= 0.3 is 5.92 Å². The molecule has 0 bridgehead atoms. The molecule has 1 atom stereocenters. The normalized spacial score (nSPS) is 12.0. The third kappa shape index (κ3) is 4.60. The van der Waals surface area contributed by atoms with Crippen LogP contribution < -0.4 is 10.1 Å². The van der Waals surface area contributed by atoms with Gasteiger partial charge in [0.15, 0.2) is 0 Å². The van der Waals surface area contributed by atoms with Crippen LogP contribution in [0.5, 0.6) is 11.6 Å². The number of hydrogen-bond donors (Lipinski definition) is 1. The molecule has 0 aliphatic heterocycles. The van der Waals surface area contributed by atoms with Gasteiger partial charge in [0.1, 0.15) is 11.3 Å². The maximum atomic E-state index is 13.5. The van der Waals surface area contributed by atoms with E-state index in [1.165, 1.54) is 0 Å². The number of alkyl halides is 2. The number of hydrogen-bond acceptors (Lipinski definition) is 5. The number of amides is 1. The molecule has 1 aromatic carbocycles. The molecule has 134 valence electrons. The molecular weight excluding hydrogens is 342 g/mol. The predicted molar refractivity (Wildman–Crippen MR) is 89.8 cm³/mol. The topological polar surface area (TPSA) is 87.9 Å². The molecule has 1 N–H and O–H groups in total. The number of carbonyl (C=O) groups is 1. The van der Waals surface area contributed by atoms with E-state index in [2.05, 4.69) is 21.9 Å². The number of rotatable bonds is 6. The van der Waals surface area contributed by atoms with Crippen LogP contribution in [0.2, 0.25) is 0 Å². The van der Waals surface area contributed by atoms with E-state index in [-0.39, 0.29) is 17.0 Å². The number of aromatic nitrogens is 2. The van der Waals surface area contributed by atoms with Crippen LogP contribution in [0, 0.1) is 11.3 Å². The van der Waals surface area contributed by atoms with Crippen LogP contribution in [0.1, 0.15) is 30.0 Å². The fourth-order valence-corrected chi connectivity index (χ4v) is 1.87. The summed E-state index contributed by atoms with van der Waals surface area (Å²) in [4.78, 5) is 19.7. The van der Waals surface area contributed by atoms with Gasteiger partial charge in [-0.3, -0.25) is 4.79 Å². The lowest BCUT2D eigenvalue weighted by Gasteiger charge is -2.16. The fraction of sp³-hybridized carbons (Fsp3) is 0.222. The van der Waals surface area contributed by atoms with Crippen molar-refractivity contribution in [2.24, 2.45) is 0 Å². The highest BCUT2D eigenvalue weighted by Gasteiger charge is 2.30. The Morgan fingerprint density at radius 2 is 2.04 bits per heavy atom. The smallest absolute Gasteiger partial charge is 0.303 e. The zero-order valence-corrected chi connectivity index (χ0v) is 14.2. The second-order valence-electron chi connectivity index (χ2n) is 5.55. The SMILES string of the molecule is C=C(C#N)[C@@H](C)NC(=O)c1cnc(C(C)(F)F)nc1Oc1ccccc1. The van der Waals surface area contributed by atoms with Crippen molar-refractivity contribution in [2.75, 3.05) is 0 Å². The molecule has 0 spiro atoms. The lowest BCUT2D eigenvalue weighted by Crippen LogP contribution is -2.34. The molecule has 0 saturated heterocycles. The molecule has 0 aliphatic rings. The van der Waals surface area contributed by atoms with Crippen LogP contribution in [-0.2, 0) is 5.92 Å². The summed E-state index contributed by atoms with van der Waals surface area (Å²) in [7, 11) is 0. The maximum absolute atomic E-state index is 13.5. The first-order valence-corrected chi connectivity index (χ1v) is 7.60. The molecule has 6 nitrogen and oxygen atoms in total. The molecule has 8 heteroatoms. The van der Waals surface area contributed by atoms with E-state index in [1.807, 2.05) is 6.07 Å². The maximum Gasteiger partial charge on any atom is 0.303 e. The van der Waals surface area contributed by atoms with Crippen LogP contribution in [-0.4, -0.2) is 21.9 Å². The summed E-state index contributed by atoms with van der Waals surface area (Å²) in [6, 6.07) is 9.49. The van der Waals surface area contributed by atoms with Crippen LogP contribution in [0.25, 0.3) is 0 Å². The molecule has 1 aromatic heterocycles. The second-order valence-corrected chi connectivity index (χ2v) is 5.55. The number of ether oxygens (including phenoxy) is 1. The van der Waals surface area contributed by atoms with Crippen molar-refractivity contribution in [3.8, 4) is 17.7 Å². The van der Waals surface area contributed by atoms with E-state index in [0.717, 1.165) is 6.20 Å². The van der Waals surface area contributed by atoms with Crippen LogP contribution in [0.3, 0.4) is 0 Å². The number of carbonyl (C=O) groups excluding carboxylic acids is 1. The molecule has 2 rings (SSSR count). The zero-order valence-electron chi connectivity index (χ0n) is 14.2. The van der Waals surface area contributed by atoms with E-state index in [1.54, 1.807) is 37.3 Å². The quantitative estimate of drug-likeness (QED) is 0.798. The fourth-order valence-electron chi connectivity index (χ4n) is 1.87. The van der Waals surface area contributed by atoms with Crippen molar-refractivity contribution in [2.45, 2.75) is 25.8 Å². The molecule has 0 fully saturated rings. The van der Waals surface area contributed by atoms with E-state index >= 15 is 0 Å². The van der Waals surface area contributed by atoms with Gasteiger partial charge < -0.3 is 10.1 Å². The Labute approximate surface area is 149 Å². The van der Waals surface area contributed by atoms with Crippen LogP contribution in [0.15, 0.2) is 48.7 Å². The van der Waals surface area contributed by atoms with Crippen molar-refractivity contribution in [3.05, 3.63) is 60.1 Å². The van der Waals surface area contributed by atoms with E-state index in [0.29, 0.717) is 12.7 Å². The Balaban J connectivity index is 2.39. The van der Waals surface area contributed by atoms with E-state index in [9.17, 15) is 13.6 Å². The van der Waals surface area contributed by atoms with Crippen molar-refractivity contribution in [3.63, 3.8) is 0 Å². The Bertz CT molecular complexity index is 858. The van der Waals surface area contributed by atoms with Crippen LogP contribution in [0.4, 0.5) is 8.78 Å². The Morgan fingerprint density at radius 1 is 1.38 bits per heavy atom. The lowest BCUT2D eigenvalue weighted by atomic mass is 10.1. The third-order valence-electron chi connectivity index (χ3n) is 3.36. The number of benzene rings is 1. The summed E-state index contributed by atoms with van der Waals surface area (Å²) in [6.45, 7) is 5.73. The number of nitrogens with one attached hydrogen (secondary N) is 1. The van der Waals surface area contributed by atoms with Crippen molar-refractivity contribution in [1.29, 1.82) is 5.26 Å². The summed E-state index contributed by atoms with van der Waals surface area (Å²) in [5.74, 6) is -4.73. The molecule has 0 radical (unpaired) electrons. The van der Waals surface area contributed by atoms with Crippen molar-refractivity contribution >= 4 is 5.91 Å². The van der Waals surface area contributed by atoms with Gasteiger partial charge in [-0.05, 0) is 19.1 Å². The molecular formula is C18H16F2N4O2. The van der Waals surface area contributed by atoms with Gasteiger partial charge in [0, 0.05) is 18.7 Å². The minimum atomic E-state index is -3.30. The zero-order chi connectivity index (χ0) is 19.3.